The Balaban J connectivity index is 3.47. The van der Waals surface area contributed by atoms with Gasteiger partial charge < -0.3 is 4.74 Å². The van der Waals surface area contributed by atoms with Crippen molar-refractivity contribution in [2.24, 2.45) is 0 Å². The maximum absolute atomic E-state index is 11.0. The van der Waals surface area contributed by atoms with Gasteiger partial charge in [0, 0.05) is 6.42 Å². The Bertz CT molecular complexity index is 138. The topological polar surface area (TPSA) is 26.3 Å². The normalized spacial score (nSPS) is 11.3. The maximum atomic E-state index is 11.0. The standard InChI is InChI=1S/C9H17ClO2/c1-4-5-6-7-8(11)12-9(2,3)10/h4-7H2,1-3H3. The molecular weight excluding hydrogens is 176 g/mol. The summed E-state index contributed by atoms with van der Waals surface area (Å²) in [6, 6.07) is 0. The molecule has 0 amide bonds. The van der Waals surface area contributed by atoms with Gasteiger partial charge >= 0.3 is 5.97 Å². The van der Waals surface area contributed by atoms with Gasteiger partial charge in [0.05, 0.1) is 0 Å². The Kier molecular flexibility index (Phi) is 5.31. The average molecular weight is 193 g/mol. The zero-order chi connectivity index (χ0) is 9.61. The molecule has 0 aliphatic carbocycles. The minimum atomic E-state index is -0.858. The van der Waals surface area contributed by atoms with Crippen LogP contribution in [-0.2, 0) is 9.53 Å². The predicted molar refractivity (Wildman–Crippen MR) is 50.2 cm³/mol. The van der Waals surface area contributed by atoms with Crippen LogP contribution < -0.4 is 0 Å². The first-order valence-electron chi connectivity index (χ1n) is 4.36. The van der Waals surface area contributed by atoms with Gasteiger partial charge in [0.15, 0.2) is 5.06 Å². The molecule has 0 rings (SSSR count). The molecule has 3 heteroatoms. The number of hydrogen-bond acceptors (Lipinski definition) is 2. The Morgan fingerprint density at radius 1 is 1.42 bits per heavy atom. The molecule has 0 aromatic rings. The fourth-order valence-corrected chi connectivity index (χ4v) is 0.927. The van der Waals surface area contributed by atoms with Gasteiger partial charge in [-0.25, -0.2) is 0 Å². The molecule has 0 unspecified atom stereocenters. The molecule has 0 saturated carbocycles. The number of rotatable bonds is 5. The predicted octanol–water partition coefficient (Wildman–Crippen LogP) is 3.08. The van der Waals surface area contributed by atoms with Crippen LogP contribution in [-0.4, -0.2) is 11.0 Å². The Morgan fingerprint density at radius 2 is 2.00 bits per heavy atom. The molecule has 0 aromatic heterocycles. The summed E-state index contributed by atoms with van der Waals surface area (Å²) in [6.07, 6.45) is 3.54. The van der Waals surface area contributed by atoms with Gasteiger partial charge in [-0.05, 0) is 20.3 Å². The zero-order valence-corrected chi connectivity index (χ0v) is 8.78. The van der Waals surface area contributed by atoms with Crippen LogP contribution >= 0.6 is 11.6 Å². The smallest absolute Gasteiger partial charge is 0.307 e. The van der Waals surface area contributed by atoms with Crippen molar-refractivity contribution in [3.05, 3.63) is 0 Å². The van der Waals surface area contributed by atoms with Gasteiger partial charge in [-0.2, -0.15) is 0 Å². The molecule has 0 fully saturated rings. The number of hydrogen-bond donors (Lipinski definition) is 0. The van der Waals surface area contributed by atoms with Crippen molar-refractivity contribution >= 4 is 17.6 Å². The van der Waals surface area contributed by atoms with Crippen LogP contribution in [0.1, 0.15) is 46.5 Å². The van der Waals surface area contributed by atoms with Gasteiger partial charge in [-0.1, -0.05) is 31.4 Å². The molecule has 72 valence electrons. The van der Waals surface area contributed by atoms with E-state index < -0.39 is 5.06 Å². The van der Waals surface area contributed by atoms with Crippen LogP contribution in [0.3, 0.4) is 0 Å². The molecule has 0 atom stereocenters. The van der Waals surface area contributed by atoms with Crippen molar-refractivity contribution in [2.45, 2.75) is 51.5 Å². The molecular formula is C9H17ClO2. The second-order valence-corrected chi connectivity index (χ2v) is 4.20. The monoisotopic (exact) mass is 192 g/mol. The molecule has 0 saturated heterocycles. The lowest BCUT2D eigenvalue weighted by Crippen LogP contribution is -2.20. The van der Waals surface area contributed by atoms with E-state index in [2.05, 4.69) is 6.92 Å². The summed E-state index contributed by atoms with van der Waals surface area (Å²) in [6.45, 7) is 5.41. The lowest BCUT2D eigenvalue weighted by Gasteiger charge is -2.16. The Labute approximate surface area is 79.2 Å². The number of esters is 1. The summed E-state index contributed by atoms with van der Waals surface area (Å²) in [7, 11) is 0. The van der Waals surface area contributed by atoms with Crippen molar-refractivity contribution in [1.29, 1.82) is 0 Å². The third kappa shape index (κ3) is 7.86. The maximum Gasteiger partial charge on any atom is 0.307 e. The third-order valence-electron chi connectivity index (χ3n) is 1.34. The second kappa shape index (κ2) is 5.41. The van der Waals surface area contributed by atoms with Crippen LogP contribution in [0.25, 0.3) is 0 Å². The van der Waals surface area contributed by atoms with Crippen LogP contribution in [0.15, 0.2) is 0 Å². The number of alkyl halides is 1. The highest BCUT2D eigenvalue weighted by Crippen LogP contribution is 2.15. The summed E-state index contributed by atoms with van der Waals surface area (Å²) in [4.78, 5) is 11.0. The van der Waals surface area contributed by atoms with E-state index in [1.54, 1.807) is 13.8 Å². The quantitative estimate of drug-likeness (QED) is 0.380. The SMILES string of the molecule is CCCCCC(=O)OC(C)(C)Cl. The minimum Gasteiger partial charge on any atom is -0.444 e. The van der Waals surface area contributed by atoms with Gasteiger partial charge in [0.25, 0.3) is 0 Å². The highest BCUT2D eigenvalue weighted by molar-refractivity contribution is 6.22. The van der Waals surface area contributed by atoms with E-state index in [0.29, 0.717) is 6.42 Å². The summed E-state index contributed by atoms with van der Waals surface area (Å²) >= 11 is 5.70. The first-order chi connectivity index (χ1) is 5.45. The molecule has 2 nitrogen and oxygen atoms in total. The second-order valence-electron chi connectivity index (χ2n) is 3.29. The zero-order valence-electron chi connectivity index (χ0n) is 8.02. The van der Waals surface area contributed by atoms with E-state index >= 15 is 0 Å². The number of unbranched alkanes of at least 4 members (excludes halogenated alkanes) is 2. The summed E-state index contributed by atoms with van der Waals surface area (Å²) in [5, 5.41) is -0.858. The van der Waals surface area contributed by atoms with E-state index in [0.717, 1.165) is 19.3 Å². The first-order valence-corrected chi connectivity index (χ1v) is 4.74. The van der Waals surface area contributed by atoms with Gasteiger partial charge in [0.2, 0.25) is 0 Å². The van der Waals surface area contributed by atoms with Gasteiger partial charge in [-0.3, -0.25) is 4.79 Å². The van der Waals surface area contributed by atoms with Gasteiger partial charge in [0.1, 0.15) is 0 Å². The molecule has 0 heterocycles. The lowest BCUT2D eigenvalue weighted by atomic mass is 10.2. The van der Waals surface area contributed by atoms with E-state index in [1.807, 2.05) is 0 Å². The number of ether oxygens (including phenoxy) is 1. The number of halogens is 1. The molecule has 0 aliphatic rings. The molecule has 0 aromatic carbocycles. The largest absolute Gasteiger partial charge is 0.444 e. The minimum absolute atomic E-state index is 0.205. The lowest BCUT2D eigenvalue weighted by molar-refractivity contribution is -0.150. The fourth-order valence-electron chi connectivity index (χ4n) is 0.841. The molecule has 0 aliphatic heterocycles. The summed E-state index contributed by atoms with van der Waals surface area (Å²) in [5.74, 6) is -0.205. The first kappa shape index (κ1) is 11.8. The van der Waals surface area contributed by atoms with Crippen molar-refractivity contribution in [3.8, 4) is 0 Å². The number of carbonyl (C=O) groups is 1. The summed E-state index contributed by atoms with van der Waals surface area (Å²) in [5.41, 5.74) is 0. The Hall–Kier alpha value is -0.240. The van der Waals surface area contributed by atoms with Crippen molar-refractivity contribution in [2.75, 3.05) is 0 Å². The molecule has 0 radical (unpaired) electrons. The van der Waals surface area contributed by atoms with Crippen LogP contribution in [0.5, 0.6) is 0 Å². The molecule has 12 heavy (non-hydrogen) atoms. The van der Waals surface area contributed by atoms with E-state index in [4.69, 9.17) is 16.3 Å². The van der Waals surface area contributed by atoms with Crippen molar-refractivity contribution in [1.82, 2.24) is 0 Å². The van der Waals surface area contributed by atoms with Crippen LogP contribution in [0, 0.1) is 0 Å². The van der Waals surface area contributed by atoms with Crippen LogP contribution in [0.4, 0.5) is 0 Å². The van der Waals surface area contributed by atoms with E-state index in [1.165, 1.54) is 0 Å². The highest BCUT2D eigenvalue weighted by Gasteiger charge is 2.17. The number of carbonyl (C=O) groups excluding carboxylic acids is 1. The third-order valence-corrected chi connectivity index (χ3v) is 1.42. The van der Waals surface area contributed by atoms with E-state index in [-0.39, 0.29) is 5.97 Å². The molecule has 0 bridgehead atoms. The van der Waals surface area contributed by atoms with Crippen LogP contribution in [0.2, 0.25) is 0 Å². The Morgan fingerprint density at radius 3 is 2.42 bits per heavy atom. The average Bonchev–Trinajstić information content (AvgIpc) is 1.84. The van der Waals surface area contributed by atoms with Crippen molar-refractivity contribution in [3.63, 3.8) is 0 Å². The molecule has 0 N–H and O–H groups in total. The fraction of sp³-hybridized carbons (Fsp3) is 0.889. The summed E-state index contributed by atoms with van der Waals surface area (Å²) < 4.78 is 4.91. The molecule has 0 spiro atoms. The van der Waals surface area contributed by atoms with Crippen molar-refractivity contribution < 1.29 is 9.53 Å². The van der Waals surface area contributed by atoms with E-state index in [9.17, 15) is 4.79 Å². The van der Waals surface area contributed by atoms with Gasteiger partial charge in [-0.15, -0.1) is 0 Å². The highest BCUT2D eigenvalue weighted by atomic mass is 35.5.